The van der Waals surface area contributed by atoms with Gasteiger partial charge in [0.05, 0.1) is 0 Å². The first kappa shape index (κ1) is 15.7. The van der Waals surface area contributed by atoms with Crippen molar-refractivity contribution in [3.05, 3.63) is 22.4 Å². The molecule has 8 heteroatoms. The Hall–Kier alpha value is -2.22. The van der Waals surface area contributed by atoms with E-state index in [0.717, 1.165) is 27.5 Å². The average Bonchev–Trinajstić information content (AvgIpc) is 3.26. The standard InChI is InChI=1S/C15H17N3O4S/c19-12(16-6-1-2-7-16)10-18-14(21)13(20)17(15(18)22)8-5-11-4-3-9-23-11/h3-4,9H,1-2,5-8,10H2. The summed E-state index contributed by atoms with van der Waals surface area (Å²) in [5, 5.41) is 1.91. The van der Waals surface area contributed by atoms with Crippen LogP contribution in [-0.2, 0) is 20.8 Å². The number of nitrogens with zero attached hydrogens (tertiary/aromatic N) is 3. The minimum absolute atomic E-state index is 0.151. The Bertz CT molecular complexity index is 637. The largest absolute Gasteiger partial charge is 0.341 e. The topological polar surface area (TPSA) is 78.0 Å². The van der Waals surface area contributed by atoms with Crippen LogP contribution in [0.15, 0.2) is 17.5 Å². The second kappa shape index (κ2) is 6.49. The van der Waals surface area contributed by atoms with Gasteiger partial charge in [-0.2, -0.15) is 0 Å². The van der Waals surface area contributed by atoms with E-state index in [9.17, 15) is 19.2 Å². The predicted molar refractivity (Wildman–Crippen MR) is 82.7 cm³/mol. The molecule has 122 valence electrons. The van der Waals surface area contributed by atoms with Crippen LogP contribution in [-0.4, -0.2) is 64.6 Å². The average molecular weight is 335 g/mol. The molecule has 23 heavy (non-hydrogen) atoms. The number of carbonyl (C=O) groups is 4. The van der Waals surface area contributed by atoms with Gasteiger partial charge in [-0.05, 0) is 24.3 Å². The Morgan fingerprint density at radius 3 is 2.43 bits per heavy atom. The highest BCUT2D eigenvalue weighted by molar-refractivity contribution is 7.09. The Balaban J connectivity index is 1.63. The summed E-state index contributed by atoms with van der Waals surface area (Å²) in [4.78, 5) is 52.7. The van der Waals surface area contributed by atoms with Crippen molar-refractivity contribution in [2.24, 2.45) is 0 Å². The molecule has 0 saturated carbocycles. The fourth-order valence-electron chi connectivity index (χ4n) is 2.77. The Morgan fingerprint density at radius 2 is 1.78 bits per heavy atom. The van der Waals surface area contributed by atoms with Crippen LogP contribution < -0.4 is 0 Å². The van der Waals surface area contributed by atoms with Crippen LogP contribution in [0, 0.1) is 0 Å². The molecule has 2 fully saturated rings. The molecule has 1 aromatic rings. The van der Waals surface area contributed by atoms with Crippen LogP contribution in [0.25, 0.3) is 0 Å². The first-order valence-corrected chi connectivity index (χ1v) is 8.43. The van der Waals surface area contributed by atoms with Gasteiger partial charge < -0.3 is 4.90 Å². The summed E-state index contributed by atoms with van der Waals surface area (Å²) in [5.41, 5.74) is 0. The van der Waals surface area contributed by atoms with Gasteiger partial charge in [-0.15, -0.1) is 11.3 Å². The lowest BCUT2D eigenvalue weighted by atomic mass is 10.3. The molecule has 5 amide bonds. The van der Waals surface area contributed by atoms with Crippen LogP contribution in [0.5, 0.6) is 0 Å². The van der Waals surface area contributed by atoms with Crippen molar-refractivity contribution in [1.29, 1.82) is 0 Å². The number of urea groups is 1. The first-order chi connectivity index (χ1) is 11.1. The zero-order valence-electron chi connectivity index (χ0n) is 12.6. The third-order valence-corrected chi connectivity index (χ3v) is 4.99. The fraction of sp³-hybridized carbons (Fsp3) is 0.467. The quantitative estimate of drug-likeness (QED) is 0.586. The number of rotatable bonds is 5. The third-order valence-electron chi connectivity index (χ3n) is 4.05. The van der Waals surface area contributed by atoms with Crippen molar-refractivity contribution in [3.63, 3.8) is 0 Å². The molecular formula is C15H17N3O4S. The zero-order chi connectivity index (χ0) is 16.4. The number of amides is 5. The number of likely N-dealkylation sites (tertiary alicyclic amines) is 1. The molecule has 0 aliphatic carbocycles. The monoisotopic (exact) mass is 335 g/mol. The number of hydrogen-bond acceptors (Lipinski definition) is 5. The molecule has 1 aromatic heterocycles. The molecule has 0 atom stereocenters. The molecule has 2 aliphatic rings. The highest BCUT2D eigenvalue weighted by Crippen LogP contribution is 2.16. The van der Waals surface area contributed by atoms with Gasteiger partial charge in [-0.1, -0.05) is 6.07 Å². The molecule has 0 aromatic carbocycles. The lowest BCUT2D eigenvalue weighted by Crippen LogP contribution is -2.42. The normalized spacial score (nSPS) is 18.4. The summed E-state index contributed by atoms with van der Waals surface area (Å²) in [6.07, 6.45) is 2.37. The molecule has 2 aliphatic heterocycles. The second-order valence-corrected chi connectivity index (χ2v) is 6.58. The smallest absolute Gasteiger partial charge is 0.334 e. The van der Waals surface area contributed by atoms with E-state index in [1.54, 1.807) is 4.90 Å². The van der Waals surface area contributed by atoms with Gasteiger partial charge >= 0.3 is 17.8 Å². The van der Waals surface area contributed by atoms with Gasteiger partial charge in [0, 0.05) is 30.9 Å². The van der Waals surface area contributed by atoms with Gasteiger partial charge in [0.25, 0.3) is 0 Å². The van der Waals surface area contributed by atoms with E-state index in [0.29, 0.717) is 19.5 Å². The van der Waals surface area contributed by atoms with E-state index < -0.39 is 17.8 Å². The molecule has 0 radical (unpaired) electrons. The number of hydrogen-bond donors (Lipinski definition) is 0. The summed E-state index contributed by atoms with van der Waals surface area (Å²) >= 11 is 1.53. The van der Waals surface area contributed by atoms with Gasteiger partial charge in [0.2, 0.25) is 5.91 Å². The highest BCUT2D eigenvalue weighted by atomic mass is 32.1. The number of carbonyl (C=O) groups excluding carboxylic acids is 4. The summed E-state index contributed by atoms with van der Waals surface area (Å²) < 4.78 is 0. The van der Waals surface area contributed by atoms with Crippen LogP contribution >= 0.6 is 11.3 Å². The summed E-state index contributed by atoms with van der Waals surface area (Å²) in [6, 6.07) is 3.11. The summed E-state index contributed by atoms with van der Waals surface area (Å²) in [7, 11) is 0. The van der Waals surface area contributed by atoms with E-state index >= 15 is 0 Å². The zero-order valence-corrected chi connectivity index (χ0v) is 13.4. The van der Waals surface area contributed by atoms with E-state index in [2.05, 4.69) is 0 Å². The van der Waals surface area contributed by atoms with Gasteiger partial charge in [0.1, 0.15) is 6.54 Å². The molecule has 7 nitrogen and oxygen atoms in total. The van der Waals surface area contributed by atoms with E-state index in [1.165, 1.54) is 11.3 Å². The summed E-state index contributed by atoms with van der Waals surface area (Å²) in [5.74, 6) is -2.04. The number of thiophene rings is 1. The van der Waals surface area contributed by atoms with Crippen molar-refractivity contribution in [1.82, 2.24) is 14.7 Å². The van der Waals surface area contributed by atoms with Crippen molar-refractivity contribution in [2.75, 3.05) is 26.2 Å². The lowest BCUT2D eigenvalue weighted by Gasteiger charge is -2.19. The van der Waals surface area contributed by atoms with E-state index in [1.807, 2.05) is 17.5 Å². The first-order valence-electron chi connectivity index (χ1n) is 7.55. The van der Waals surface area contributed by atoms with Gasteiger partial charge in [0.15, 0.2) is 0 Å². The molecule has 0 spiro atoms. The van der Waals surface area contributed by atoms with Crippen LogP contribution in [0.4, 0.5) is 4.79 Å². The van der Waals surface area contributed by atoms with E-state index in [-0.39, 0.29) is 19.0 Å². The maximum atomic E-state index is 12.3. The van der Waals surface area contributed by atoms with Gasteiger partial charge in [-0.25, -0.2) is 9.69 Å². The molecule has 0 N–H and O–H groups in total. The van der Waals surface area contributed by atoms with Crippen LogP contribution in [0.3, 0.4) is 0 Å². The van der Waals surface area contributed by atoms with Crippen molar-refractivity contribution in [2.45, 2.75) is 19.3 Å². The van der Waals surface area contributed by atoms with Crippen LogP contribution in [0.2, 0.25) is 0 Å². The highest BCUT2D eigenvalue weighted by Gasteiger charge is 2.45. The molecule has 2 saturated heterocycles. The summed E-state index contributed by atoms with van der Waals surface area (Å²) in [6.45, 7) is 1.09. The van der Waals surface area contributed by atoms with E-state index in [4.69, 9.17) is 0 Å². The Morgan fingerprint density at radius 1 is 1.09 bits per heavy atom. The molecule has 3 rings (SSSR count). The Labute approximate surface area is 137 Å². The lowest BCUT2D eigenvalue weighted by molar-refractivity contribution is -0.144. The minimum Gasteiger partial charge on any atom is -0.341 e. The second-order valence-electron chi connectivity index (χ2n) is 5.55. The van der Waals surface area contributed by atoms with Crippen molar-refractivity contribution < 1.29 is 19.2 Å². The van der Waals surface area contributed by atoms with Crippen molar-refractivity contribution >= 4 is 35.1 Å². The number of imide groups is 2. The maximum Gasteiger partial charge on any atom is 0.334 e. The predicted octanol–water partition coefficient (Wildman–Crippen LogP) is 0.704. The maximum absolute atomic E-state index is 12.3. The van der Waals surface area contributed by atoms with Crippen molar-refractivity contribution in [3.8, 4) is 0 Å². The third kappa shape index (κ3) is 3.12. The fourth-order valence-corrected chi connectivity index (χ4v) is 3.46. The molecule has 0 unspecified atom stereocenters. The van der Waals surface area contributed by atoms with Gasteiger partial charge in [-0.3, -0.25) is 19.3 Å². The minimum atomic E-state index is -0.909. The molecule has 3 heterocycles. The van der Waals surface area contributed by atoms with Crippen LogP contribution in [0.1, 0.15) is 17.7 Å². The SMILES string of the molecule is O=C(CN1C(=O)C(=O)N(CCc2cccs2)C1=O)N1CCCC1. The Kier molecular flexibility index (Phi) is 4.42. The molecule has 0 bridgehead atoms. The molecular weight excluding hydrogens is 318 g/mol.